The molecule has 1 aliphatic carbocycles. The molecule has 0 saturated heterocycles. The smallest absolute Gasteiger partial charge is 0.157 e. The molecule has 0 aromatic rings. The third-order valence-electron chi connectivity index (χ3n) is 1.67. The Morgan fingerprint density at radius 2 is 2.36 bits per heavy atom. The first-order chi connectivity index (χ1) is 5.33. The Bertz CT molecular complexity index is 175. The first-order valence-electron chi connectivity index (χ1n) is 3.91. The summed E-state index contributed by atoms with van der Waals surface area (Å²) in [7, 11) is 0. The van der Waals surface area contributed by atoms with Crippen LogP contribution in [-0.2, 0) is 4.79 Å². The molecule has 3 heteroatoms. The summed E-state index contributed by atoms with van der Waals surface area (Å²) in [5.74, 6) is 0.191. The van der Waals surface area contributed by atoms with Crippen LogP contribution in [0.2, 0.25) is 0 Å². The fraction of sp³-hybridized carbons (Fsp3) is 0.625. The van der Waals surface area contributed by atoms with E-state index in [1.54, 1.807) is 6.08 Å². The Kier molecular flexibility index (Phi) is 3.11. The maximum absolute atomic E-state index is 10.9. The normalized spacial score (nSPS) is 17.9. The minimum absolute atomic E-state index is 0.117. The van der Waals surface area contributed by atoms with Crippen LogP contribution >= 0.6 is 0 Å². The molecule has 0 bridgehead atoms. The maximum Gasteiger partial charge on any atom is 0.157 e. The van der Waals surface area contributed by atoms with E-state index in [1.807, 2.05) is 0 Å². The van der Waals surface area contributed by atoms with Crippen LogP contribution < -0.4 is 5.32 Å². The van der Waals surface area contributed by atoms with Gasteiger partial charge in [-0.05, 0) is 12.8 Å². The van der Waals surface area contributed by atoms with E-state index >= 15 is 0 Å². The molecule has 0 unspecified atom stereocenters. The lowest BCUT2D eigenvalue weighted by atomic mass is 10.0. The largest absolute Gasteiger partial charge is 0.395 e. The van der Waals surface area contributed by atoms with Crippen LogP contribution in [0.25, 0.3) is 0 Å². The van der Waals surface area contributed by atoms with Crippen molar-refractivity contribution < 1.29 is 9.90 Å². The van der Waals surface area contributed by atoms with E-state index in [0.717, 1.165) is 18.5 Å². The molecule has 0 amide bonds. The average molecular weight is 155 g/mol. The molecule has 0 aliphatic heterocycles. The van der Waals surface area contributed by atoms with Gasteiger partial charge in [0.15, 0.2) is 5.78 Å². The number of aliphatic hydroxyl groups excluding tert-OH is 1. The van der Waals surface area contributed by atoms with E-state index in [2.05, 4.69) is 5.32 Å². The van der Waals surface area contributed by atoms with E-state index in [-0.39, 0.29) is 12.4 Å². The fourth-order valence-electron chi connectivity index (χ4n) is 1.15. The van der Waals surface area contributed by atoms with E-state index in [4.69, 9.17) is 5.11 Å². The van der Waals surface area contributed by atoms with Crippen molar-refractivity contribution in [3.8, 4) is 0 Å². The van der Waals surface area contributed by atoms with Crippen molar-refractivity contribution in [1.82, 2.24) is 5.32 Å². The van der Waals surface area contributed by atoms with E-state index in [9.17, 15) is 4.79 Å². The van der Waals surface area contributed by atoms with Crippen molar-refractivity contribution in [3.05, 3.63) is 11.8 Å². The topological polar surface area (TPSA) is 49.3 Å². The molecule has 0 fully saturated rings. The zero-order valence-corrected chi connectivity index (χ0v) is 6.47. The molecule has 0 spiro atoms. The van der Waals surface area contributed by atoms with Gasteiger partial charge in [-0.3, -0.25) is 4.79 Å². The molecule has 11 heavy (non-hydrogen) atoms. The molecule has 0 saturated carbocycles. The monoisotopic (exact) mass is 155 g/mol. The van der Waals surface area contributed by atoms with Gasteiger partial charge in [-0.15, -0.1) is 0 Å². The number of hydrogen-bond acceptors (Lipinski definition) is 3. The van der Waals surface area contributed by atoms with Gasteiger partial charge in [-0.1, -0.05) is 0 Å². The summed E-state index contributed by atoms with van der Waals surface area (Å²) < 4.78 is 0. The lowest BCUT2D eigenvalue weighted by Gasteiger charge is -2.12. The quantitative estimate of drug-likeness (QED) is 0.612. The Hall–Kier alpha value is -0.830. The fourth-order valence-corrected chi connectivity index (χ4v) is 1.15. The summed E-state index contributed by atoms with van der Waals surface area (Å²) >= 11 is 0. The van der Waals surface area contributed by atoms with E-state index in [1.165, 1.54) is 0 Å². The lowest BCUT2D eigenvalue weighted by Crippen LogP contribution is -2.20. The van der Waals surface area contributed by atoms with Crippen molar-refractivity contribution in [2.75, 3.05) is 13.2 Å². The summed E-state index contributed by atoms with van der Waals surface area (Å²) in [5.41, 5.74) is 0.968. The van der Waals surface area contributed by atoms with Gasteiger partial charge in [0.25, 0.3) is 0 Å². The number of allylic oxidation sites excluding steroid dienone is 2. The highest BCUT2D eigenvalue weighted by Gasteiger charge is 2.08. The highest BCUT2D eigenvalue weighted by Crippen LogP contribution is 2.11. The third kappa shape index (κ3) is 2.72. The predicted molar refractivity (Wildman–Crippen MR) is 42.0 cm³/mol. The predicted octanol–water partition coefficient (Wildman–Crippen LogP) is 0.205. The Morgan fingerprint density at radius 1 is 1.55 bits per heavy atom. The van der Waals surface area contributed by atoms with Crippen LogP contribution in [0.4, 0.5) is 0 Å². The van der Waals surface area contributed by atoms with Crippen LogP contribution in [0, 0.1) is 0 Å². The lowest BCUT2D eigenvalue weighted by molar-refractivity contribution is -0.115. The molecule has 0 radical (unpaired) electrons. The molecule has 3 nitrogen and oxygen atoms in total. The SMILES string of the molecule is O=C1C=C(NCCO)CCC1. The maximum atomic E-state index is 10.9. The van der Waals surface area contributed by atoms with Crippen molar-refractivity contribution >= 4 is 5.78 Å². The van der Waals surface area contributed by atoms with Gasteiger partial charge < -0.3 is 10.4 Å². The summed E-state index contributed by atoms with van der Waals surface area (Å²) in [6, 6.07) is 0. The Morgan fingerprint density at radius 3 is 3.00 bits per heavy atom. The van der Waals surface area contributed by atoms with Gasteiger partial charge in [0, 0.05) is 24.7 Å². The second-order valence-electron chi connectivity index (χ2n) is 2.64. The zero-order valence-electron chi connectivity index (χ0n) is 6.47. The number of ketones is 1. The number of aliphatic hydroxyl groups is 1. The molecule has 1 aliphatic rings. The van der Waals surface area contributed by atoms with Crippen LogP contribution in [0.15, 0.2) is 11.8 Å². The summed E-state index contributed by atoms with van der Waals surface area (Å²) in [5, 5.41) is 11.5. The van der Waals surface area contributed by atoms with Gasteiger partial charge in [0.1, 0.15) is 0 Å². The van der Waals surface area contributed by atoms with Gasteiger partial charge in [0.05, 0.1) is 6.61 Å². The molecule has 0 atom stereocenters. The molecule has 0 aromatic heterocycles. The molecular formula is C8H13NO2. The second kappa shape index (κ2) is 4.13. The van der Waals surface area contributed by atoms with Gasteiger partial charge in [-0.25, -0.2) is 0 Å². The van der Waals surface area contributed by atoms with Crippen molar-refractivity contribution in [1.29, 1.82) is 0 Å². The van der Waals surface area contributed by atoms with Crippen LogP contribution in [-0.4, -0.2) is 24.0 Å². The summed E-state index contributed by atoms with van der Waals surface area (Å²) in [4.78, 5) is 10.9. The summed E-state index contributed by atoms with van der Waals surface area (Å²) in [6.07, 6.45) is 4.18. The second-order valence-corrected chi connectivity index (χ2v) is 2.64. The summed E-state index contributed by atoms with van der Waals surface area (Å²) in [6.45, 7) is 0.657. The molecule has 0 aromatic carbocycles. The standard InChI is InChI=1S/C8H13NO2/c10-5-4-9-7-2-1-3-8(11)6-7/h6,9-10H,1-5H2. The van der Waals surface area contributed by atoms with Gasteiger partial charge in [0.2, 0.25) is 0 Å². The van der Waals surface area contributed by atoms with Crippen molar-refractivity contribution in [2.45, 2.75) is 19.3 Å². The highest BCUT2D eigenvalue weighted by molar-refractivity contribution is 5.90. The number of carbonyl (C=O) groups is 1. The van der Waals surface area contributed by atoms with E-state index in [0.29, 0.717) is 13.0 Å². The molecule has 2 N–H and O–H groups in total. The number of nitrogens with one attached hydrogen (secondary N) is 1. The van der Waals surface area contributed by atoms with Gasteiger partial charge in [-0.2, -0.15) is 0 Å². The number of carbonyl (C=O) groups excluding carboxylic acids is 1. The van der Waals surface area contributed by atoms with E-state index < -0.39 is 0 Å². The zero-order chi connectivity index (χ0) is 8.10. The molecule has 0 heterocycles. The van der Waals surface area contributed by atoms with Crippen molar-refractivity contribution in [3.63, 3.8) is 0 Å². The van der Waals surface area contributed by atoms with Gasteiger partial charge >= 0.3 is 0 Å². The minimum atomic E-state index is 0.117. The van der Waals surface area contributed by atoms with Crippen LogP contribution in [0.3, 0.4) is 0 Å². The first kappa shape index (κ1) is 8.27. The Balaban J connectivity index is 2.37. The Labute approximate surface area is 66.1 Å². The number of hydrogen-bond donors (Lipinski definition) is 2. The van der Waals surface area contributed by atoms with Crippen molar-refractivity contribution in [2.24, 2.45) is 0 Å². The van der Waals surface area contributed by atoms with Crippen LogP contribution in [0.1, 0.15) is 19.3 Å². The molecular weight excluding hydrogens is 142 g/mol. The number of rotatable bonds is 3. The highest BCUT2D eigenvalue weighted by atomic mass is 16.3. The minimum Gasteiger partial charge on any atom is -0.395 e. The molecule has 62 valence electrons. The average Bonchev–Trinajstić information content (AvgIpc) is 2.01. The molecule has 1 rings (SSSR count). The third-order valence-corrected chi connectivity index (χ3v) is 1.67. The first-order valence-corrected chi connectivity index (χ1v) is 3.91. The van der Waals surface area contributed by atoms with Crippen LogP contribution in [0.5, 0.6) is 0 Å².